The Morgan fingerprint density at radius 2 is 2.08 bits per heavy atom. The lowest BCUT2D eigenvalue weighted by Gasteiger charge is -2.01. The van der Waals surface area contributed by atoms with E-state index in [-0.39, 0.29) is 11.9 Å². The van der Waals surface area contributed by atoms with E-state index in [1.807, 2.05) is 12.1 Å². The molecule has 3 heterocycles. The van der Waals surface area contributed by atoms with Crippen molar-refractivity contribution >= 4 is 11.9 Å². The fourth-order valence-corrected chi connectivity index (χ4v) is 3.17. The van der Waals surface area contributed by atoms with Crippen LogP contribution in [-0.4, -0.2) is 31.3 Å². The van der Waals surface area contributed by atoms with E-state index < -0.39 is 0 Å². The van der Waals surface area contributed by atoms with E-state index in [0.717, 1.165) is 49.1 Å². The van der Waals surface area contributed by atoms with Crippen LogP contribution in [0.3, 0.4) is 0 Å². The van der Waals surface area contributed by atoms with Gasteiger partial charge in [-0.3, -0.25) is 20.3 Å². The van der Waals surface area contributed by atoms with Crippen molar-refractivity contribution in [3.05, 3.63) is 46.9 Å². The number of furan rings is 1. The van der Waals surface area contributed by atoms with Crippen molar-refractivity contribution < 1.29 is 9.21 Å². The van der Waals surface area contributed by atoms with Gasteiger partial charge < -0.3 is 4.42 Å². The number of H-pyrrole nitrogens is 2. The van der Waals surface area contributed by atoms with Crippen molar-refractivity contribution in [2.75, 3.05) is 5.32 Å². The summed E-state index contributed by atoms with van der Waals surface area (Å²) in [5.41, 5.74) is 2.57. The molecular formula is C17H20N6O2. The smallest absolute Gasteiger partial charge is 0.278 e. The molecule has 8 nitrogen and oxygen atoms in total. The molecule has 0 saturated heterocycles. The van der Waals surface area contributed by atoms with Gasteiger partial charge in [-0.05, 0) is 37.8 Å². The number of aromatic amines is 2. The zero-order valence-corrected chi connectivity index (χ0v) is 13.8. The van der Waals surface area contributed by atoms with E-state index in [9.17, 15) is 4.79 Å². The highest BCUT2D eigenvalue weighted by molar-refractivity contribution is 6.03. The van der Waals surface area contributed by atoms with Crippen molar-refractivity contribution in [1.29, 1.82) is 0 Å². The van der Waals surface area contributed by atoms with Crippen LogP contribution in [0, 0.1) is 0 Å². The van der Waals surface area contributed by atoms with E-state index >= 15 is 0 Å². The number of hydrogen-bond donors (Lipinski definition) is 3. The Labute approximate surface area is 144 Å². The van der Waals surface area contributed by atoms with Crippen LogP contribution in [0.25, 0.3) is 0 Å². The van der Waals surface area contributed by atoms with Crippen molar-refractivity contribution in [3.63, 3.8) is 0 Å². The minimum atomic E-state index is -0.268. The third-order valence-corrected chi connectivity index (χ3v) is 4.47. The van der Waals surface area contributed by atoms with Crippen molar-refractivity contribution in [3.8, 4) is 0 Å². The molecule has 0 saturated carbocycles. The molecule has 3 aromatic heterocycles. The van der Waals surface area contributed by atoms with Gasteiger partial charge in [0.2, 0.25) is 5.95 Å². The maximum atomic E-state index is 12.5. The first-order valence-corrected chi connectivity index (χ1v) is 8.61. The highest BCUT2D eigenvalue weighted by atomic mass is 16.3. The Balaban J connectivity index is 1.40. The SMILES string of the molecule is O=C(Nc1n[nH]c(CCc2ccco2)n1)c1n[nH]c2c1CCCCC2. The van der Waals surface area contributed by atoms with E-state index in [1.165, 1.54) is 6.42 Å². The normalized spacial score (nSPS) is 14.1. The van der Waals surface area contributed by atoms with E-state index in [0.29, 0.717) is 17.9 Å². The standard InChI is InChI=1S/C17H20N6O2/c24-16(15-12-6-2-1-3-7-13(12)20-22-15)19-17-18-14(21-23-17)9-8-11-5-4-10-25-11/h4-5,10H,1-3,6-9H2,(H,20,22)(H2,18,19,21,23,24). The summed E-state index contributed by atoms with van der Waals surface area (Å²) in [5.74, 6) is 1.59. The number of carbonyl (C=O) groups is 1. The average Bonchev–Trinajstić information content (AvgIpc) is 3.32. The van der Waals surface area contributed by atoms with E-state index in [4.69, 9.17) is 4.42 Å². The van der Waals surface area contributed by atoms with E-state index in [1.54, 1.807) is 6.26 Å². The molecule has 0 aromatic carbocycles. The van der Waals surface area contributed by atoms with Crippen LogP contribution < -0.4 is 5.32 Å². The molecule has 3 aromatic rings. The molecule has 4 rings (SSSR count). The molecule has 0 fully saturated rings. The Morgan fingerprint density at radius 3 is 2.96 bits per heavy atom. The summed E-state index contributed by atoms with van der Waals surface area (Å²) in [4.78, 5) is 16.8. The first-order chi connectivity index (χ1) is 12.3. The van der Waals surface area contributed by atoms with Crippen LogP contribution in [0.4, 0.5) is 5.95 Å². The first kappa shape index (κ1) is 15.6. The predicted molar refractivity (Wildman–Crippen MR) is 90.3 cm³/mol. The number of carbonyl (C=O) groups excluding carboxylic acids is 1. The number of aryl methyl sites for hydroxylation is 3. The van der Waals surface area contributed by atoms with Crippen LogP contribution in [0.15, 0.2) is 22.8 Å². The largest absolute Gasteiger partial charge is 0.469 e. The number of amides is 1. The second-order valence-electron chi connectivity index (χ2n) is 6.23. The van der Waals surface area contributed by atoms with Gasteiger partial charge in [-0.1, -0.05) is 6.42 Å². The molecule has 0 radical (unpaired) electrons. The lowest BCUT2D eigenvalue weighted by atomic mass is 10.1. The molecule has 0 spiro atoms. The minimum Gasteiger partial charge on any atom is -0.469 e. The van der Waals surface area contributed by atoms with Gasteiger partial charge in [0.05, 0.1) is 6.26 Å². The zero-order valence-electron chi connectivity index (χ0n) is 13.8. The van der Waals surface area contributed by atoms with Gasteiger partial charge >= 0.3 is 0 Å². The monoisotopic (exact) mass is 340 g/mol. The van der Waals surface area contributed by atoms with Gasteiger partial charge in [-0.15, -0.1) is 5.10 Å². The molecule has 0 bridgehead atoms. The fourth-order valence-electron chi connectivity index (χ4n) is 3.17. The highest BCUT2D eigenvalue weighted by Gasteiger charge is 2.21. The number of nitrogens with one attached hydrogen (secondary N) is 3. The Bertz CT molecular complexity index is 849. The highest BCUT2D eigenvalue weighted by Crippen LogP contribution is 2.22. The molecular weight excluding hydrogens is 320 g/mol. The molecule has 0 unspecified atom stereocenters. The van der Waals surface area contributed by atoms with Crippen LogP contribution in [0.5, 0.6) is 0 Å². The third kappa shape index (κ3) is 3.47. The molecule has 3 N–H and O–H groups in total. The van der Waals surface area contributed by atoms with Crippen molar-refractivity contribution in [2.45, 2.75) is 44.9 Å². The number of aromatic nitrogens is 5. The summed E-state index contributed by atoms with van der Waals surface area (Å²) in [6.45, 7) is 0. The van der Waals surface area contributed by atoms with Gasteiger partial charge in [0.1, 0.15) is 11.6 Å². The van der Waals surface area contributed by atoms with Crippen LogP contribution in [-0.2, 0) is 25.7 Å². The van der Waals surface area contributed by atoms with Crippen LogP contribution in [0.1, 0.15) is 52.6 Å². The van der Waals surface area contributed by atoms with Gasteiger partial charge in [-0.2, -0.15) is 10.1 Å². The predicted octanol–water partition coefficient (Wildman–Crippen LogP) is 2.43. The lowest BCUT2D eigenvalue weighted by molar-refractivity contribution is 0.102. The molecule has 1 aliphatic rings. The number of rotatable bonds is 5. The van der Waals surface area contributed by atoms with Gasteiger partial charge in [-0.25, -0.2) is 0 Å². The molecule has 130 valence electrons. The van der Waals surface area contributed by atoms with Crippen molar-refractivity contribution in [1.82, 2.24) is 25.4 Å². The molecule has 1 amide bonds. The second kappa shape index (κ2) is 6.92. The van der Waals surface area contributed by atoms with Gasteiger partial charge in [0.15, 0.2) is 5.69 Å². The maximum absolute atomic E-state index is 12.5. The molecule has 1 aliphatic carbocycles. The number of nitrogens with zero attached hydrogens (tertiary/aromatic N) is 3. The van der Waals surface area contributed by atoms with Crippen molar-refractivity contribution in [2.24, 2.45) is 0 Å². The summed E-state index contributed by atoms with van der Waals surface area (Å²) in [6.07, 6.45) is 8.28. The summed E-state index contributed by atoms with van der Waals surface area (Å²) in [5, 5.41) is 16.8. The number of anilines is 1. The van der Waals surface area contributed by atoms with E-state index in [2.05, 4.69) is 30.7 Å². The van der Waals surface area contributed by atoms with Gasteiger partial charge in [0.25, 0.3) is 5.91 Å². The number of hydrogen-bond acceptors (Lipinski definition) is 5. The molecule has 25 heavy (non-hydrogen) atoms. The van der Waals surface area contributed by atoms with Gasteiger partial charge in [0, 0.05) is 24.1 Å². The summed E-state index contributed by atoms with van der Waals surface area (Å²) >= 11 is 0. The average molecular weight is 340 g/mol. The molecule has 0 atom stereocenters. The fraction of sp³-hybridized carbons (Fsp3) is 0.412. The summed E-state index contributed by atoms with van der Waals surface area (Å²) in [6, 6.07) is 3.77. The number of fused-ring (bicyclic) bond motifs is 1. The summed E-state index contributed by atoms with van der Waals surface area (Å²) in [7, 11) is 0. The third-order valence-electron chi connectivity index (χ3n) is 4.47. The first-order valence-electron chi connectivity index (χ1n) is 8.61. The Morgan fingerprint density at radius 1 is 1.16 bits per heavy atom. The summed E-state index contributed by atoms with van der Waals surface area (Å²) < 4.78 is 5.30. The minimum absolute atomic E-state index is 0.268. The maximum Gasteiger partial charge on any atom is 0.278 e. The lowest BCUT2D eigenvalue weighted by Crippen LogP contribution is -2.15. The molecule has 0 aliphatic heterocycles. The molecule has 8 heteroatoms. The Hall–Kier alpha value is -2.90. The topological polar surface area (TPSA) is 112 Å². The quantitative estimate of drug-likeness (QED) is 0.617. The Kier molecular flexibility index (Phi) is 4.32. The van der Waals surface area contributed by atoms with Crippen LogP contribution in [0.2, 0.25) is 0 Å². The van der Waals surface area contributed by atoms with Crippen LogP contribution >= 0.6 is 0 Å². The second-order valence-corrected chi connectivity index (χ2v) is 6.23. The zero-order chi connectivity index (χ0) is 17.1.